The van der Waals surface area contributed by atoms with Crippen LogP contribution >= 0.6 is 0 Å². The lowest BCUT2D eigenvalue weighted by Crippen LogP contribution is -2.27. The van der Waals surface area contributed by atoms with E-state index in [-0.39, 0.29) is 11.3 Å². The van der Waals surface area contributed by atoms with Crippen molar-refractivity contribution in [3.8, 4) is 0 Å². The van der Waals surface area contributed by atoms with Gasteiger partial charge in [-0.1, -0.05) is 52.0 Å². The van der Waals surface area contributed by atoms with Crippen LogP contribution in [-0.2, 0) is 15.4 Å². The Bertz CT molecular complexity index is 498. The van der Waals surface area contributed by atoms with E-state index in [0.29, 0.717) is 6.54 Å². The van der Waals surface area contributed by atoms with Crippen LogP contribution in [-0.4, -0.2) is 21.2 Å². The third kappa shape index (κ3) is 5.33. The Morgan fingerprint density at radius 2 is 1.68 bits per heavy atom. The van der Waals surface area contributed by atoms with E-state index >= 15 is 0 Å². The topological polar surface area (TPSA) is 46.2 Å². The smallest absolute Gasteiger partial charge is 0.208 e. The van der Waals surface area contributed by atoms with Gasteiger partial charge in [-0.25, -0.2) is 13.1 Å². The maximum Gasteiger partial charge on any atom is 0.208 e. The van der Waals surface area contributed by atoms with Gasteiger partial charge in [0, 0.05) is 6.54 Å². The zero-order valence-electron chi connectivity index (χ0n) is 12.5. The number of nitrogens with one attached hydrogen (secondary N) is 1. The Morgan fingerprint density at radius 1 is 1.16 bits per heavy atom. The third-order valence-corrected chi connectivity index (χ3v) is 4.02. The molecule has 1 atom stereocenters. The molecule has 4 heteroatoms. The molecule has 1 aromatic carbocycles. The lowest BCUT2D eigenvalue weighted by Gasteiger charge is -2.21. The molecule has 0 aliphatic carbocycles. The van der Waals surface area contributed by atoms with Crippen molar-refractivity contribution in [1.29, 1.82) is 0 Å². The molecule has 0 saturated carbocycles. The van der Waals surface area contributed by atoms with Crippen molar-refractivity contribution in [2.75, 3.05) is 12.8 Å². The summed E-state index contributed by atoms with van der Waals surface area (Å²) in [6.07, 6.45) is 2.11. The van der Waals surface area contributed by atoms with Gasteiger partial charge in [0.1, 0.15) is 0 Å². The molecule has 0 radical (unpaired) electrons. The molecule has 0 bridgehead atoms. The minimum Gasteiger partial charge on any atom is -0.215 e. The predicted molar refractivity (Wildman–Crippen MR) is 81.0 cm³/mol. The quantitative estimate of drug-likeness (QED) is 0.903. The highest BCUT2D eigenvalue weighted by Gasteiger charge is 2.15. The van der Waals surface area contributed by atoms with Crippen molar-refractivity contribution in [1.82, 2.24) is 4.72 Å². The summed E-state index contributed by atoms with van der Waals surface area (Å²) in [6.45, 7) is 9.09. The van der Waals surface area contributed by atoms with Crippen LogP contribution in [0.1, 0.15) is 51.2 Å². The molecule has 3 nitrogen and oxygen atoms in total. The molecule has 0 aliphatic heterocycles. The Labute approximate surface area is 117 Å². The highest BCUT2D eigenvalue weighted by atomic mass is 32.2. The van der Waals surface area contributed by atoms with E-state index in [0.717, 1.165) is 6.42 Å². The molecule has 0 spiro atoms. The van der Waals surface area contributed by atoms with Crippen molar-refractivity contribution in [3.63, 3.8) is 0 Å². The molecule has 19 heavy (non-hydrogen) atoms. The maximum atomic E-state index is 11.2. The van der Waals surface area contributed by atoms with E-state index in [1.807, 2.05) is 0 Å². The fraction of sp³-hybridized carbons (Fsp3) is 0.600. The molecule has 0 aliphatic rings. The molecule has 0 saturated heterocycles. The summed E-state index contributed by atoms with van der Waals surface area (Å²) in [5.74, 6) is 0.226. The van der Waals surface area contributed by atoms with Crippen LogP contribution < -0.4 is 4.72 Å². The first-order valence-electron chi connectivity index (χ1n) is 6.68. The Kier molecular flexibility index (Phi) is 5.16. The summed E-state index contributed by atoms with van der Waals surface area (Å²) in [5.41, 5.74) is 2.62. The van der Waals surface area contributed by atoms with Crippen LogP contribution in [0.4, 0.5) is 0 Å². The van der Waals surface area contributed by atoms with Gasteiger partial charge in [-0.05, 0) is 28.9 Å². The molecule has 0 aromatic heterocycles. The summed E-state index contributed by atoms with van der Waals surface area (Å²) in [7, 11) is -3.12. The first kappa shape index (κ1) is 16.2. The predicted octanol–water partition coefficient (Wildman–Crippen LogP) is 3.03. The standard InChI is InChI=1S/C15H25NO2S/c1-6-12(11-16-19(5,17)18)13-7-9-14(10-8-13)15(2,3)4/h7-10,12,16H,6,11H2,1-5H3. The highest BCUT2D eigenvalue weighted by Crippen LogP contribution is 2.25. The van der Waals surface area contributed by atoms with E-state index in [9.17, 15) is 8.42 Å². The summed E-state index contributed by atoms with van der Waals surface area (Å²) in [5, 5.41) is 0. The number of benzene rings is 1. The Hall–Kier alpha value is -0.870. The lowest BCUT2D eigenvalue weighted by molar-refractivity contribution is 0.570. The van der Waals surface area contributed by atoms with Crippen LogP contribution in [0.3, 0.4) is 0 Å². The fourth-order valence-corrected chi connectivity index (χ4v) is 2.51. The average Bonchev–Trinajstić information content (AvgIpc) is 2.28. The molecule has 1 rings (SSSR count). The normalized spacial score (nSPS) is 14.4. The second-order valence-electron chi connectivity index (χ2n) is 6.10. The molecule has 0 heterocycles. The molecule has 0 fully saturated rings. The van der Waals surface area contributed by atoms with E-state index < -0.39 is 10.0 Å². The zero-order valence-corrected chi connectivity index (χ0v) is 13.3. The van der Waals surface area contributed by atoms with Gasteiger partial charge in [0.05, 0.1) is 6.26 Å². The zero-order chi connectivity index (χ0) is 14.7. The highest BCUT2D eigenvalue weighted by molar-refractivity contribution is 7.88. The Morgan fingerprint density at radius 3 is 2.05 bits per heavy atom. The van der Waals surface area contributed by atoms with Gasteiger partial charge < -0.3 is 0 Å². The van der Waals surface area contributed by atoms with E-state index in [1.54, 1.807) is 0 Å². The van der Waals surface area contributed by atoms with Gasteiger partial charge in [0.25, 0.3) is 0 Å². The molecule has 1 unspecified atom stereocenters. The van der Waals surface area contributed by atoms with Crippen LogP contribution in [0.2, 0.25) is 0 Å². The first-order chi connectivity index (χ1) is 8.63. The number of hydrogen-bond acceptors (Lipinski definition) is 2. The van der Waals surface area contributed by atoms with Gasteiger partial charge in [0.15, 0.2) is 0 Å². The van der Waals surface area contributed by atoms with E-state index in [2.05, 4.69) is 56.7 Å². The first-order valence-corrected chi connectivity index (χ1v) is 8.57. The van der Waals surface area contributed by atoms with Gasteiger partial charge in [-0.3, -0.25) is 0 Å². The number of sulfonamides is 1. The van der Waals surface area contributed by atoms with Gasteiger partial charge in [0.2, 0.25) is 10.0 Å². The van der Waals surface area contributed by atoms with E-state index in [4.69, 9.17) is 0 Å². The van der Waals surface area contributed by atoms with Crippen molar-refractivity contribution in [2.45, 2.75) is 45.4 Å². The van der Waals surface area contributed by atoms with Gasteiger partial charge in [-0.2, -0.15) is 0 Å². The summed E-state index contributed by atoms with van der Waals surface area (Å²) in [6, 6.07) is 8.49. The summed E-state index contributed by atoms with van der Waals surface area (Å²) >= 11 is 0. The molecule has 108 valence electrons. The second-order valence-corrected chi connectivity index (χ2v) is 7.93. The summed E-state index contributed by atoms with van der Waals surface area (Å²) < 4.78 is 24.9. The van der Waals surface area contributed by atoms with Crippen LogP contribution in [0.5, 0.6) is 0 Å². The monoisotopic (exact) mass is 283 g/mol. The van der Waals surface area contributed by atoms with Gasteiger partial charge >= 0.3 is 0 Å². The molecule has 0 amide bonds. The average molecular weight is 283 g/mol. The van der Waals surface area contributed by atoms with Crippen molar-refractivity contribution < 1.29 is 8.42 Å². The molecular weight excluding hydrogens is 258 g/mol. The summed E-state index contributed by atoms with van der Waals surface area (Å²) in [4.78, 5) is 0. The number of rotatable bonds is 5. The largest absolute Gasteiger partial charge is 0.215 e. The van der Waals surface area contributed by atoms with Crippen LogP contribution in [0.15, 0.2) is 24.3 Å². The van der Waals surface area contributed by atoms with Crippen LogP contribution in [0, 0.1) is 0 Å². The SMILES string of the molecule is CCC(CNS(C)(=O)=O)c1ccc(C(C)(C)C)cc1. The Balaban J connectivity index is 2.83. The fourth-order valence-electron chi connectivity index (χ4n) is 2.01. The lowest BCUT2D eigenvalue weighted by atomic mass is 9.85. The minimum absolute atomic E-state index is 0.144. The maximum absolute atomic E-state index is 11.2. The van der Waals surface area contributed by atoms with Crippen molar-refractivity contribution in [2.24, 2.45) is 0 Å². The molecular formula is C15H25NO2S. The van der Waals surface area contributed by atoms with Crippen molar-refractivity contribution >= 4 is 10.0 Å². The third-order valence-electron chi connectivity index (χ3n) is 3.33. The van der Waals surface area contributed by atoms with E-state index in [1.165, 1.54) is 17.4 Å². The van der Waals surface area contributed by atoms with Crippen molar-refractivity contribution in [3.05, 3.63) is 35.4 Å². The van der Waals surface area contributed by atoms with Gasteiger partial charge in [-0.15, -0.1) is 0 Å². The van der Waals surface area contributed by atoms with Crippen LogP contribution in [0.25, 0.3) is 0 Å². The molecule has 1 N–H and O–H groups in total. The number of hydrogen-bond donors (Lipinski definition) is 1. The molecule has 1 aromatic rings. The second kappa shape index (κ2) is 6.06. The minimum atomic E-state index is -3.12.